The first kappa shape index (κ1) is 12.6. The second-order valence-electron chi connectivity index (χ2n) is 4.29. The quantitative estimate of drug-likeness (QED) is 0.846. The summed E-state index contributed by atoms with van der Waals surface area (Å²) in [6.07, 6.45) is 0.896. The van der Waals surface area contributed by atoms with Crippen molar-refractivity contribution in [2.45, 2.75) is 19.4 Å². The Hall–Kier alpha value is -0.870. The maximum atomic E-state index is 6.24. The minimum atomic E-state index is 0.0769. The van der Waals surface area contributed by atoms with E-state index in [9.17, 15) is 0 Å². The molecule has 0 fully saturated rings. The molecule has 0 saturated carbocycles. The molecule has 0 bridgehead atoms. The van der Waals surface area contributed by atoms with Crippen molar-refractivity contribution in [2.75, 3.05) is 0 Å². The minimum Gasteiger partial charge on any atom is -0.324 e. The van der Waals surface area contributed by atoms with Gasteiger partial charge in [-0.2, -0.15) is 0 Å². The van der Waals surface area contributed by atoms with Gasteiger partial charge in [0.2, 0.25) is 0 Å². The third-order valence-electron chi connectivity index (χ3n) is 3.00. The van der Waals surface area contributed by atoms with Gasteiger partial charge in [-0.25, -0.2) is 0 Å². The highest BCUT2D eigenvalue weighted by Crippen LogP contribution is 2.19. The van der Waals surface area contributed by atoms with E-state index in [-0.39, 0.29) is 6.04 Å². The molecule has 0 amide bonds. The Morgan fingerprint density at radius 2 is 1.71 bits per heavy atom. The second-order valence-corrected chi connectivity index (χ2v) is 5.53. The largest absolute Gasteiger partial charge is 0.324 e. The van der Waals surface area contributed by atoms with Gasteiger partial charge in [-0.15, -0.1) is 0 Å². The zero-order chi connectivity index (χ0) is 12.3. The summed E-state index contributed by atoms with van der Waals surface area (Å²) in [5, 5.41) is 0. The van der Waals surface area contributed by atoms with Crippen LogP contribution >= 0.6 is 22.6 Å². The first-order valence-electron chi connectivity index (χ1n) is 5.72. The SMILES string of the molecule is Cc1ccccc1CC(N)c1ccc(I)cc1. The molecule has 1 atom stereocenters. The number of hydrogen-bond acceptors (Lipinski definition) is 1. The predicted octanol–water partition coefficient (Wildman–Crippen LogP) is 3.84. The van der Waals surface area contributed by atoms with Gasteiger partial charge in [0.15, 0.2) is 0 Å². The van der Waals surface area contributed by atoms with Gasteiger partial charge in [0.1, 0.15) is 0 Å². The van der Waals surface area contributed by atoms with Crippen LogP contribution in [0.25, 0.3) is 0 Å². The average molecular weight is 337 g/mol. The van der Waals surface area contributed by atoms with Crippen LogP contribution in [0.5, 0.6) is 0 Å². The Balaban J connectivity index is 2.14. The zero-order valence-electron chi connectivity index (χ0n) is 9.86. The fourth-order valence-corrected chi connectivity index (χ4v) is 2.26. The number of hydrogen-bond donors (Lipinski definition) is 1. The van der Waals surface area contributed by atoms with Crippen LogP contribution < -0.4 is 5.73 Å². The smallest absolute Gasteiger partial charge is 0.0335 e. The number of nitrogens with two attached hydrogens (primary N) is 1. The standard InChI is InChI=1S/C15H16IN/c1-11-4-2-3-5-13(11)10-15(17)12-6-8-14(16)9-7-12/h2-9,15H,10,17H2,1H3. The van der Waals surface area contributed by atoms with Crippen LogP contribution in [0.15, 0.2) is 48.5 Å². The summed E-state index contributed by atoms with van der Waals surface area (Å²) in [6, 6.07) is 16.9. The first-order chi connectivity index (χ1) is 8.16. The predicted molar refractivity (Wildman–Crippen MR) is 81.0 cm³/mol. The van der Waals surface area contributed by atoms with Gasteiger partial charge in [-0.05, 0) is 64.8 Å². The summed E-state index contributed by atoms with van der Waals surface area (Å²) in [7, 11) is 0. The van der Waals surface area contributed by atoms with Gasteiger partial charge in [0, 0.05) is 9.61 Å². The Morgan fingerprint density at radius 3 is 2.35 bits per heavy atom. The van der Waals surface area contributed by atoms with Gasteiger partial charge in [-0.1, -0.05) is 36.4 Å². The molecule has 0 aliphatic carbocycles. The molecule has 0 aromatic heterocycles. The molecular formula is C15H16IN. The molecule has 1 unspecified atom stereocenters. The third kappa shape index (κ3) is 3.30. The van der Waals surface area contributed by atoms with Crippen LogP contribution in [0.1, 0.15) is 22.7 Å². The highest BCUT2D eigenvalue weighted by atomic mass is 127. The van der Waals surface area contributed by atoms with E-state index in [1.165, 1.54) is 20.3 Å². The summed E-state index contributed by atoms with van der Waals surface area (Å²) in [4.78, 5) is 0. The molecule has 2 N–H and O–H groups in total. The topological polar surface area (TPSA) is 26.0 Å². The second kappa shape index (κ2) is 5.65. The maximum absolute atomic E-state index is 6.24. The van der Waals surface area contributed by atoms with Crippen LogP contribution in [0, 0.1) is 10.5 Å². The van der Waals surface area contributed by atoms with Crippen LogP contribution in [0.3, 0.4) is 0 Å². The van der Waals surface area contributed by atoms with E-state index in [4.69, 9.17) is 5.73 Å². The van der Waals surface area contributed by atoms with Crippen molar-refractivity contribution in [3.8, 4) is 0 Å². The lowest BCUT2D eigenvalue weighted by Crippen LogP contribution is -2.13. The third-order valence-corrected chi connectivity index (χ3v) is 3.72. The van der Waals surface area contributed by atoms with Crippen LogP contribution in [0.2, 0.25) is 0 Å². The molecule has 2 heteroatoms. The van der Waals surface area contributed by atoms with Crippen molar-refractivity contribution in [1.29, 1.82) is 0 Å². The molecule has 0 heterocycles. The van der Waals surface area contributed by atoms with Gasteiger partial charge in [0.05, 0.1) is 0 Å². The Bertz CT molecular complexity index is 491. The van der Waals surface area contributed by atoms with Crippen molar-refractivity contribution >= 4 is 22.6 Å². The molecule has 0 radical (unpaired) electrons. The molecule has 0 saturated heterocycles. The first-order valence-corrected chi connectivity index (χ1v) is 6.80. The van der Waals surface area contributed by atoms with Gasteiger partial charge < -0.3 is 5.73 Å². The maximum Gasteiger partial charge on any atom is 0.0335 e. The minimum absolute atomic E-state index is 0.0769. The van der Waals surface area contributed by atoms with E-state index >= 15 is 0 Å². The van der Waals surface area contributed by atoms with Crippen molar-refractivity contribution < 1.29 is 0 Å². The summed E-state index contributed by atoms with van der Waals surface area (Å²) >= 11 is 2.31. The Kier molecular flexibility index (Phi) is 4.18. The Labute approximate surface area is 116 Å². The monoisotopic (exact) mass is 337 g/mol. The molecule has 88 valence electrons. The Morgan fingerprint density at radius 1 is 1.06 bits per heavy atom. The van der Waals surface area contributed by atoms with Crippen molar-refractivity contribution in [3.05, 3.63) is 68.8 Å². The lowest BCUT2D eigenvalue weighted by atomic mass is 9.97. The molecule has 0 aliphatic heterocycles. The number of rotatable bonds is 3. The van der Waals surface area contributed by atoms with Crippen LogP contribution in [-0.4, -0.2) is 0 Å². The molecule has 2 rings (SSSR count). The van der Waals surface area contributed by atoms with Crippen molar-refractivity contribution in [3.63, 3.8) is 0 Å². The van der Waals surface area contributed by atoms with Crippen LogP contribution in [-0.2, 0) is 6.42 Å². The van der Waals surface area contributed by atoms with Gasteiger partial charge in [-0.3, -0.25) is 0 Å². The summed E-state index contributed by atoms with van der Waals surface area (Å²) in [5.74, 6) is 0. The van der Waals surface area contributed by atoms with Gasteiger partial charge >= 0.3 is 0 Å². The molecule has 17 heavy (non-hydrogen) atoms. The fourth-order valence-electron chi connectivity index (χ4n) is 1.90. The van der Waals surface area contributed by atoms with E-state index in [0.717, 1.165) is 6.42 Å². The lowest BCUT2D eigenvalue weighted by molar-refractivity contribution is 0.718. The van der Waals surface area contributed by atoms with E-state index in [2.05, 4.69) is 78.0 Å². The summed E-state index contributed by atoms with van der Waals surface area (Å²) in [5.41, 5.74) is 10.1. The van der Waals surface area contributed by atoms with E-state index in [1.54, 1.807) is 0 Å². The lowest BCUT2D eigenvalue weighted by Gasteiger charge is -2.14. The van der Waals surface area contributed by atoms with Crippen molar-refractivity contribution in [1.82, 2.24) is 0 Å². The van der Waals surface area contributed by atoms with E-state index < -0.39 is 0 Å². The molecule has 1 nitrogen and oxygen atoms in total. The highest BCUT2D eigenvalue weighted by molar-refractivity contribution is 14.1. The number of aryl methyl sites for hydroxylation is 1. The van der Waals surface area contributed by atoms with Crippen LogP contribution in [0.4, 0.5) is 0 Å². The van der Waals surface area contributed by atoms with E-state index in [1.807, 2.05) is 0 Å². The summed E-state index contributed by atoms with van der Waals surface area (Å²) in [6.45, 7) is 2.13. The highest BCUT2D eigenvalue weighted by Gasteiger charge is 2.08. The van der Waals surface area contributed by atoms with E-state index in [0.29, 0.717) is 0 Å². The average Bonchev–Trinajstić information content (AvgIpc) is 2.33. The van der Waals surface area contributed by atoms with Crippen molar-refractivity contribution in [2.24, 2.45) is 5.73 Å². The normalized spacial score (nSPS) is 12.4. The molecule has 2 aromatic carbocycles. The molecular weight excluding hydrogens is 321 g/mol. The zero-order valence-corrected chi connectivity index (χ0v) is 12.0. The molecule has 0 spiro atoms. The number of halogens is 1. The van der Waals surface area contributed by atoms with Gasteiger partial charge in [0.25, 0.3) is 0 Å². The molecule has 0 aliphatic rings. The molecule has 2 aromatic rings. The number of benzene rings is 2. The summed E-state index contributed by atoms with van der Waals surface area (Å²) < 4.78 is 1.24. The fraction of sp³-hybridized carbons (Fsp3) is 0.200.